The second kappa shape index (κ2) is 4.47. The van der Waals surface area contributed by atoms with E-state index in [1.807, 2.05) is 0 Å². The van der Waals surface area contributed by atoms with Gasteiger partial charge in [-0.3, -0.25) is 0 Å². The molecule has 0 bridgehead atoms. The molecule has 84 valence electrons. The molecule has 0 heterocycles. The molecule has 2 N–H and O–H groups in total. The van der Waals surface area contributed by atoms with Crippen LogP contribution >= 0.6 is 11.6 Å². The van der Waals surface area contributed by atoms with Gasteiger partial charge in [0.05, 0.1) is 6.61 Å². The molecule has 1 aromatic carbocycles. The normalized spacial score (nSPS) is 11.9. The predicted octanol–water partition coefficient (Wildman–Crippen LogP) is 2.82. The molecular weight excluding hydrogens is 217 g/mol. The van der Waals surface area contributed by atoms with E-state index in [-0.39, 0.29) is 12.4 Å². The number of methoxy groups -OCH3 is 1. The van der Waals surface area contributed by atoms with Crippen molar-refractivity contribution in [3.8, 4) is 0 Å². The van der Waals surface area contributed by atoms with Crippen LogP contribution in [0.3, 0.4) is 0 Å². The van der Waals surface area contributed by atoms with Crippen LogP contribution in [0.15, 0.2) is 12.1 Å². The first-order chi connectivity index (χ1) is 6.86. The minimum atomic E-state index is -0.753. The van der Waals surface area contributed by atoms with Crippen LogP contribution < -0.4 is 5.73 Å². The molecule has 0 aliphatic carbocycles. The molecule has 0 atom stereocenters. The second-order valence-electron chi connectivity index (χ2n) is 4.08. The van der Waals surface area contributed by atoms with Gasteiger partial charge >= 0.3 is 0 Å². The van der Waals surface area contributed by atoms with Crippen molar-refractivity contribution in [2.75, 3.05) is 7.11 Å². The van der Waals surface area contributed by atoms with Crippen molar-refractivity contribution in [1.82, 2.24) is 0 Å². The molecule has 0 unspecified atom stereocenters. The molecule has 0 aliphatic rings. The summed E-state index contributed by atoms with van der Waals surface area (Å²) in [4.78, 5) is 0. The summed E-state index contributed by atoms with van der Waals surface area (Å²) in [6.07, 6.45) is 0. The van der Waals surface area contributed by atoms with E-state index in [2.05, 4.69) is 0 Å². The lowest BCUT2D eigenvalue weighted by Crippen LogP contribution is -2.30. The number of nitrogens with two attached hydrogens (primary N) is 1. The van der Waals surface area contributed by atoms with Crippen molar-refractivity contribution in [3.05, 3.63) is 34.1 Å². The van der Waals surface area contributed by atoms with Gasteiger partial charge in [-0.2, -0.15) is 0 Å². The Kier molecular flexibility index (Phi) is 3.71. The first-order valence-electron chi connectivity index (χ1n) is 4.62. The molecule has 0 fully saturated rings. The van der Waals surface area contributed by atoms with E-state index < -0.39 is 5.54 Å². The van der Waals surface area contributed by atoms with E-state index in [9.17, 15) is 4.39 Å². The van der Waals surface area contributed by atoms with Crippen molar-refractivity contribution in [1.29, 1.82) is 0 Å². The van der Waals surface area contributed by atoms with Gasteiger partial charge in [0.25, 0.3) is 0 Å². The monoisotopic (exact) mass is 231 g/mol. The Morgan fingerprint density at radius 3 is 2.53 bits per heavy atom. The molecule has 4 heteroatoms. The molecule has 0 radical (unpaired) electrons. The van der Waals surface area contributed by atoms with Crippen molar-refractivity contribution < 1.29 is 9.13 Å². The molecule has 1 aromatic rings. The van der Waals surface area contributed by atoms with E-state index in [4.69, 9.17) is 22.1 Å². The fourth-order valence-corrected chi connectivity index (χ4v) is 1.62. The molecule has 15 heavy (non-hydrogen) atoms. The molecule has 0 aromatic heterocycles. The average Bonchev–Trinajstić information content (AvgIpc) is 2.09. The van der Waals surface area contributed by atoms with Crippen LogP contribution in [0.4, 0.5) is 4.39 Å². The summed E-state index contributed by atoms with van der Waals surface area (Å²) in [5, 5.41) is 0.469. The molecule has 0 aliphatic heterocycles. The maximum absolute atomic E-state index is 13.9. The molecule has 0 saturated carbocycles. The number of benzene rings is 1. The maximum Gasteiger partial charge on any atom is 0.133 e. The molecule has 0 spiro atoms. The van der Waals surface area contributed by atoms with Crippen molar-refractivity contribution >= 4 is 11.6 Å². The van der Waals surface area contributed by atoms with Gasteiger partial charge in [-0.05, 0) is 26.0 Å². The number of hydrogen-bond donors (Lipinski definition) is 1. The molecule has 0 amide bonds. The summed E-state index contributed by atoms with van der Waals surface area (Å²) < 4.78 is 18.8. The van der Waals surface area contributed by atoms with Crippen LogP contribution in [0.2, 0.25) is 5.02 Å². The Labute approximate surface area is 94.2 Å². The lowest BCUT2D eigenvalue weighted by atomic mass is 9.93. The highest BCUT2D eigenvalue weighted by atomic mass is 35.5. The zero-order valence-electron chi connectivity index (χ0n) is 9.10. The van der Waals surface area contributed by atoms with Crippen molar-refractivity contribution in [2.24, 2.45) is 5.73 Å². The standard InChI is InChI=1S/C11H15ClFNO/c1-11(2,14)9-5-8(12)4-7(6-15-3)10(9)13/h4-5H,6,14H2,1-3H3. The fraction of sp³-hybridized carbons (Fsp3) is 0.455. The van der Waals surface area contributed by atoms with Crippen LogP contribution in [0, 0.1) is 5.82 Å². The highest BCUT2D eigenvalue weighted by Crippen LogP contribution is 2.27. The highest BCUT2D eigenvalue weighted by Gasteiger charge is 2.21. The fourth-order valence-electron chi connectivity index (χ4n) is 1.38. The summed E-state index contributed by atoms with van der Waals surface area (Å²) >= 11 is 5.89. The van der Waals surface area contributed by atoms with Gasteiger partial charge in [0.2, 0.25) is 0 Å². The van der Waals surface area contributed by atoms with E-state index in [0.717, 1.165) is 0 Å². The molecular formula is C11H15ClFNO. The van der Waals surface area contributed by atoms with E-state index >= 15 is 0 Å². The smallest absolute Gasteiger partial charge is 0.133 e. The van der Waals surface area contributed by atoms with Crippen LogP contribution in [0.25, 0.3) is 0 Å². The van der Waals surface area contributed by atoms with Gasteiger partial charge in [0.1, 0.15) is 5.82 Å². The number of ether oxygens (including phenoxy) is 1. The Hall–Kier alpha value is -0.640. The van der Waals surface area contributed by atoms with Crippen LogP contribution in [0.1, 0.15) is 25.0 Å². The first kappa shape index (κ1) is 12.4. The summed E-state index contributed by atoms with van der Waals surface area (Å²) in [5.74, 6) is -0.339. The van der Waals surface area contributed by atoms with Gasteiger partial charge in [0.15, 0.2) is 0 Å². The largest absolute Gasteiger partial charge is 0.380 e. The van der Waals surface area contributed by atoms with Gasteiger partial charge in [-0.15, -0.1) is 0 Å². The quantitative estimate of drug-likeness (QED) is 0.868. The number of hydrogen-bond acceptors (Lipinski definition) is 2. The minimum Gasteiger partial charge on any atom is -0.380 e. The van der Waals surface area contributed by atoms with Gasteiger partial charge in [-0.1, -0.05) is 11.6 Å². The summed E-state index contributed by atoms with van der Waals surface area (Å²) in [5.41, 5.74) is 5.93. The van der Waals surface area contributed by atoms with Gasteiger partial charge in [-0.25, -0.2) is 4.39 Å². The second-order valence-corrected chi connectivity index (χ2v) is 4.52. The van der Waals surface area contributed by atoms with Crippen molar-refractivity contribution in [2.45, 2.75) is 26.0 Å². The summed E-state index contributed by atoms with van der Waals surface area (Å²) in [6.45, 7) is 3.66. The third-order valence-corrected chi connectivity index (χ3v) is 2.32. The lowest BCUT2D eigenvalue weighted by Gasteiger charge is -2.21. The predicted molar refractivity (Wildman–Crippen MR) is 59.3 cm³/mol. The van der Waals surface area contributed by atoms with Crippen LogP contribution in [0.5, 0.6) is 0 Å². The van der Waals surface area contributed by atoms with E-state index in [0.29, 0.717) is 16.1 Å². The molecule has 2 nitrogen and oxygen atoms in total. The third kappa shape index (κ3) is 2.91. The lowest BCUT2D eigenvalue weighted by molar-refractivity contribution is 0.181. The molecule has 1 rings (SSSR count). The minimum absolute atomic E-state index is 0.190. The van der Waals surface area contributed by atoms with Crippen LogP contribution in [-0.4, -0.2) is 7.11 Å². The number of halogens is 2. The van der Waals surface area contributed by atoms with E-state index in [1.165, 1.54) is 7.11 Å². The Morgan fingerprint density at radius 2 is 2.07 bits per heavy atom. The molecule has 0 saturated heterocycles. The van der Waals surface area contributed by atoms with Crippen LogP contribution in [-0.2, 0) is 16.9 Å². The average molecular weight is 232 g/mol. The Bertz CT molecular complexity index is 360. The topological polar surface area (TPSA) is 35.2 Å². The summed E-state index contributed by atoms with van der Waals surface area (Å²) in [6, 6.07) is 3.10. The maximum atomic E-state index is 13.9. The Morgan fingerprint density at radius 1 is 1.47 bits per heavy atom. The van der Waals surface area contributed by atoms with Crippen molar-refractivity contribution in [3.63, 3.8) is 0 Å². The Balaban J connectivity index is 3.28. The van der Waals surface area contributed by atoms with E-state index in [1.54, 1.807) is 26.0 Å². The zero-order chi connectivity index (χ0) is 11.6. The summed E-state index contributed by atoms with van der Waals surface area (Å²) in [7, 11) is 1.51. The van der Waals surface area contributed by atoms with Gasteiger partial charge < -0.3 is 10.5 Å². The third-order valence-electron chi connectivity index (χ3n) is 2.11. The highest BCUT2D eigenvalue weighted by molar-refractivity contribution is 6.30. The zero-order valence-corrected chi connectivity index (χ0v) is 9.86. The SMILES string of the molecule is COCc1cc(Cl)cc(C(C)(C)N)c1F. The van der Waals surface area contributed by atoms with Gasteiger partial charge in [0, 0.05) is 28.8 Å². The first-order valence-corrected chi connectivity index (χ1v) is 5.00. The number of rotatable bonds is 3.